The molecule has 1 fully saturated rings. The molecule has 0 aromatic heterocycles. The molecule has 5 rings (SSSR count). The normalized spacial score (nSPS) is 21.3. The van der Waals surface area contributed by atoms with Crippen LogP contribution >= 0.6 is 0 Å². The molecule has 2 atom stereocenters. The lowest BCUT2D eigenvalue weighted by molar-refractivity contribution is -0.124. The molecule has 3 aliphatic rings. The van der Waals surface area contributed by atoms with Gasteiger partial charge in [0.2, 0.25) is 5.91 Å². The zero-order chi connectivity index (χ0) is 26.6. The number of piperidine rings is 1. The van der Waals surface area contributed by atoms with Crippen LogP contribution < -0.4 is 14.8 Å². The van der Waals surface area contributed by atoms with E-state index in [9.17, 15) is 9.59 Å². The molecule has 7 nitrogen and oxygen atoms in total. The van der Waals surface area contributed by atoms with Gasteiger partial charge in [-0.3, -0.25) is 9.59 Å². The highest BCUT2D eigenvalue weighted by Crippen LogP contribution is 2.48. The Kier molecular flexibility index (Phi) is 8.22. The second-order valence-electron chi connectivity index (χ2n) is 10.8. The molecular weight excluding hydrogens is 478 g/mol. The van der Waals surface area contributed by atoms with Gasteiger partial charge >= 0.3 is 0 Å². The maximum absolute atomic E-state index is 13.9. The summed E-state index contributed by atoms with van der Waals surface area (Å²) in [7, 11) is 0. The number of ether oxygens (including phenoxy) is 2. The Morgan fingerprint density at radius 1 is 1.00 bits per heavy atom. The second-order valence-corrected chi connectivity index (χ2v) is 10.8. The average Bonchev–Trinajstić information content (AvgIpc) is 2.93. The van der Waals surface area contributed by atoms with Crippen molar-refractivity contribution in [2.75, 3.05) is 45.9 Å². The number of rotatable bonds is 9. The number of hydrogen-bond acceptors (Lipinski definition) is 5. The molecule has 38 heavy (non-hydrogen) atoms. The molecule has 0 aliphatic carbocycles. The van der Waals surface area contributed by atoms with Gasteiger partial charge < -0.3 is 24.6 Å². The van der Waals surface area contributed by atoms with Crippen LogP contribution in [0.25, 0.3) is 0 Å². The minimum Gasteiger partial charge on any atom is -0.490 e. The van der Waals surface area contributed by atoms with Crippen molar-refractivity contribution in [2.24, 2.45) is 5.92 Å². The van der Waals surface area contributed by atoms with Crippen LogP contribution in [0.4, 0.5) is 0 Å². The SMILES string of the molecule is CCOc1cc2c(cc1OCC)[C@H]1[C@@H](C(=O)NCCCN3CCC(C)CC3)c3ccccc3C(=O)N1CC2. The molecule has 7 heteroatoms. The number of carbonyl (C=O) groups is 2. The summed E-state index contributed by atoms with van der Waals surface area (Å²) in [5, 5.41) is 3.23. The molecule has 3 heterocycles. The van der Waals surface area contributed by atoms with Gasteiger partial charge in [0.1, 0.15) is 0 Å². The van der Waals surface area contributed by atoms with Crippen LogP contribution in [0.5, 0.6) is 11.5 Å². The van der Waals surface area contributed by atoms with Gasteiger partial charge in [0.05, 0.1) is 25.2 Å². The first kappa shape index (κ1) is 26.5. The Balaban J connectivity index is 1.42. The topological polar surface area (TPSA) is 71.1 Å². The summed E-state index contributed by atoms with van der Waals surface area (Å²) >= 11 is 0. The summed E-state index contributed by atoms with van der Waals surface area (Å²) in [5.41, 5.74) is 3.53. The quantitative estimate of drug-likeness (QED) is 0.492. The van der Waals surface area contributed by atoms with Gasteiger partial charge in [-0.1, -0.05) is 25.1 Å². The summed E-state index contributed by atoms with van der Waals surface area (Å²) < 4.78 is 11.8. The molecule has 3 aliphatic heterocycles. The highest BCUT2D eigenvalue weighted by atomic mass is 16.5. The van der Waals surface area contributed by atoms with Crippen molar-refractivity contribution in [1.29, 1.82) is 0 Å². The lowest BCUT2D eigenvalue weighted by Gasteiger charge is -2.45. The van der Waals surface area contributed by atoms with Crippen LogP contribution in [-0.2, 0) is 11.2 Å². The zero-order valence-corrected chi connectivity index (χ0v) is 23.0. The largest absolute Gasteiger partial charge is 0.490 e. The number of carbonyl (C=O) groups excluding carboxylic acids is 2. The van der Waals surface area contributed by atoms with E-state index in [0.717, 1.165) is 60.8 Å². The summed E-state index contributed by atoms with van der Waals surface area (Å²) in [6.45, 7) is 11.8. The molecule has 0 bridgehead atoms. The molecule has 0 radical (unpaired) electrons. The van der Waals surface area contributed by atoms with E-state index in [-0.39, 0.29) is 17.9 Å². The van der Waals surface area contributed by atoms with Crippen molar-refractivity contribution < 1.29 is 19.1 Å². The minimum atomic E-state index is -0.480. The van der Waals surface area contributed by atoms with Crippen LogP contribution in [0, 0.1) is 5.92 Å². The number of hydrogen-bond donors (Lipinski definition) is 1. The highest BCUT2D eigenvalue weighted by molar-refractivity contribution is 6.01. The van der Waals surface area contributed by atoms with Crippen LogP contribution in [0.15, 0.2) is 36.4 Å². The van der Waals surface area contributed by atoms with Gasteiger partial charge in [0, 0.05) is 18.7 Å². The molecule has 2 amide bonds. The van der Waals surface area contributed by atoms with E-state index in [1.165, 1.54) is 12.8 Å². The molecule has 2 aromatic carbocycles. The van der Waals surface area contributed by atoms with Gasteiger partial charge in [0.15, 0.2) is 11.5 Å². The van der Waals surface area contributed by atoms with E-state index in [2.05, 4.69) is 17.1 Å². The van der Waals surface area contributed by atoms with Crippen LogP contribution in [-0.4, -0.2) is 67.6 Å². The van der Waals surface area contributed by atoms with E-state index < -0.39 is 5.92 Å². The minimum absolute atomic E-state index is 0.00790. The Bertz CT molecular complexity index is 1160. The summed E-state index contributed by atoms with van der Waals surface area (Å²) in [6, 6.07) is 11.3. The maximum atomic E-state index is 13.9. The van der Waals surface area contributed by atoms with Crippen molar-refractivity contribution in [2.45, 2.75) is 58.4 Å². The fourth-order valence-electron chi connectivity index (χ4n) is 6.26. The van der Waals surface area contributed by atoms with Crippen LogP contribution in [0.1, 0.15) is 79.0 Å². The molecule has 204 valence electrons. The number of nitrogens with one attached hydrogen (secondary N) is 1. The number of fused-ring (bicyclic) bond motifs is 4. The van der Waals surface area contributed by atoms with E-state index in [1.807, 2.05) is 55.1 Å². The molecule has 2 aromatic rings. The molecule has 1 saturated heterocycles. The molecule has 0 unspecified atom stereocenters. The smallest absolute Gasteiger partial charge is 0.254 e. The van der Waals surface area contributed by atoms with Gasteiger partial charge in [0.25, 0.3) is 5.91 Å². The van der Waals surface area contributed by atoms with E-state index in [0.29, 0.717) is 37.6 Å². The third-order valence-electron chi connectivity index (χ3n) is 8.29. The second kappa shape index (κ2) is 11.8. The monoisotopic (exact) mass is 519 g/mol. The van der Waals surface area contributed by atoms with Crippen LogP contribution in [0.3, 0.4) is 0 Å². The van der Waals surface area contributed by atoms with Crippen molar-refractivity contribution >= 4 is 11.8 Å². The fourth-order valence-corrected chi connectivity index (χ4v) is 6.26. The number of nitrogens with zero attached hydrogens (tertiary/aromatic N) is 2. The molecule has 0 spiro atoms. The Morgan fingerprint density at radius 2 is 1.71 bits per heavy atom. The van der Waals surface area contributed by atoms with E-state index in [4.69, 9.17) is 9.47 Å². The first-order valence-corrected chi connectivity index (χ1v) is 14.3. The predicted octanol–water partition coefficient (Wildman–Crippen LogP) is 4.56. The third kappa shape index (κ3) is 5.26. The predicted molar refractivity (Wildman–Crippen MR) is 148 cm³/mol. The maximum Gasteiger partial charge on any atom is 0.254 e. The van der Waals surface area contributed by atoms with Gasteiger partial charge in [-0.05, 0) is 100.0 Å². The molecular formula is C31H41N3O4. The van der Waals surface area contributed by atoms with Crippen LogP contribution in [0.2, 0.25) is 0 Å². The molecule has 0 saturated carbocycles. The summed E-state index contributed by atoms with van der Waals surface area (Å²) in [4.78, 5) is 31.9. The van der Waals surface area contributed by atoms with Crippen molar-refractivity contribution in [1.82, 2.24) is 15.1 Å². The molecule has 1 N–H and O–H groups in total. The standard InChI is InChI=1S/C31H41N3O4/c1-4-37-26-19-22-13-18-34-29(25(22)20-27(26)38-5-2)28(23-9-6-7-10-24(23)31(34)36)30(35)32-14-8-15-33-16-11-21(3)12-17-33/h6-7,9-10,19-21,28-29H,4-5,8,11-18H2,1-3H3,(H,32,35)/t28-,29-/m0/s1. The Hall–Kier alpha value is -3.06. The van der Waals surface area contributed by atoms with Gasteiger partial charge in [-0.2, -0.15) is 0 Å². The van der Waals surface area contributed by atoms with Crippen molar-refractivity contribution in [3.05, 3.63) is 58.7 Å². The van der Waals surface area contributed by atoms with Gasteiger partial charge in [-0.25, -0.2) is 0 Å². The van der Waals surface area contributed by atoms with E-state index >= 15 is 0 Å². The first-order valence-electron chi connectivity index (χ1n) is 14.3. The number of likely N-dealkylation sites (tertiary alicyclic amines) is 1. The summed E-state index contributed by atoms with van der Waals surface area (Å²) in [5.74, 6) is 1.69. The van der Waals surface area contributed by atoms with E-state index in [1.54, 1.807) is 0 Å². The van der Waals surface area contributed by atoms with Crippen molar-refractivity contribution in [3.63, 3.8) is 0 Å². The number of amides is 2. The fraction of sp³-hybridized carbons (Fsp3) is 0.548. The Morgan fingerprint density at radius 3 is 2.45 bits per heavy atom. The average molecular weight is 520 g/mol. The lowest BCUT2D eigenvalue weighted by Crippen LogP contribution is -2.50. The lowest BCUT2D eigenvalue weighted by atomic mass is 9.75. The van der Waals surface area contributed by atoms with Crippen molar-refractivity contribution in [3.8, 4) is 11.5 Å². The highest BCUT2D eigenvalue weighted by Gasteiger charge is 2.46. The number of benzene rings is 2. The third-order valence-corrected chi connectivity index (χ3v) is 8.29. The van der Waals surface area contributed by atoms with Gasteiger partial charge in [-0.15, -0.1) is 0 Å². The first-order chi connectivity index (χ1) is 18.5. The Labute approximate surface area is 226 Å². The summed E-state index contributed by atoms with van der Waals surface area (Å²) in [6.07, 6.45) is 4.15. The zero-order valence-electron chi connectivity index (χ0n) is 23.0.